The SMILES string of the molecule is CC(=O)c1ccc(OCCCC(=O)NCCNC(=O)CCCCCN2C(=O)C=CC2=O)cc1. The van der Waals surface area contributed by atoms with Crippen LogP contribution in [0.25, 0.3) is 0 Å². The molecular formula is C24H31N3O6. The molecule has 2 rings (SSSR count). The van der Waals surface area contributed by atoms with Crippen molar-refractivity contribution in [3.05, 3.63) is 42.0 Å². The van der Waals surface area contributed by atoms with E-state index in [1.807, 2.05) is 0 Å². The van der Waals surface area contributed by atoms with Gasteiger partial charge in [0.25, 0.3) is 11.8 Å². The largest absolute Gasteiger partial charge is 0.494 e. The number of ether oxygens (including phenoxy) is 1. The van der Waals surface area contributed by atoms with Crippen LogP contribution >= 0.6 is 0 Å². The number of unbranched alkanes of at least 4 members (excludes halogenated alkanes) is 2. The maximum absolute atomic E-state index is 11.8. The van der Waals surface area contributed by atoms with Crippen LogP contribution in [0.15, 0.2) is 36.4 Å². The van der Waals surface area contributed by atoms with Crippen molar-refractivity contribution in [3.8, 4) is 5.75 Å². The summed E-state index contributed by atoms with van der Waals surface area (Å²) in [5.74, 6) is -0.125. The van der Waals surface area contributed by atoms with Crippen LogP contribution < -0.4 is 15.4 Å². The first-order valence-electron chi connectivity index (χ1n) is 11.2. The van der Waals surface area contributed by atoms with E-state index in [1.54, 1.807) is 24.3 Å². The van der Waals surface area contributed by atoms with Crippen molar-refractivity contribution in [1.29, 1.82) is 0 Å². The third-order valence-corrected chi connectivity index (χ3v) is 5.03. The molecule has 0 saturated carbocycles. The molecule has 0 unspecified atom stereocenters. The number of nitrogens with zero attached hydrogens (tertiary/aromatic N) is 1. The maximum Gasteiger partial charge on any atom is 0.253 e. The summed E-state index contributed by atoms with van der Waals surface area (Å²) in [7, 11) is 0. The first-order valence-corrected chi connectivity index (χ1v) is 11.2. The minimum absolute atomic E-state index is 0.00207. The molecule has 0 fully saturated rings. The van der Waals surface area contributed by atoms with E-state index < -0.39 is 0 Å². The van der Waals surface area contributed by atoms with Gasteiger partial charge in [0, 0.05) is 50.2 Å². The van der Waals surface area contributed by atoms with E-state index in [-0.39, 0.29) is 29.4 Å². The van der Waals surface area contributed by atoms with Crippen molar-refractivity contribution in [2.45, 2.75) is 45.4 Å². The fourth-order valence-electron chi connectivity index (χ4n) is 3.17. The Hall–Kier alpha value is -3.49. The summed E-state index contributed by atoms with van der Waals surface area (Å²) in [4.78, 5) is 58.9. The second-order valence-electron chi connectivity index (χ2n) is 7.70. The van der Waals surface area contributed by atoms with Gasteiger partial charge in [-0.15, -0.1) is 0 Å². The molecule has 2 N–H and O–H groups in total. The number of carbonyl (C=O) groups is 5. The highest BCUT2D eigenvalue weighted by molar-refractivity contribution is 6.12. The van der Waals surface area contributed by atoms with Gasteiger partial charge in [0.05, 0.1) is 6.61 Å². The molecule has 0 spiro atoms. The van der Waals surface area contributed by atoms with Crippen LogP contribution in [-0.4, -0.2) is 60.6 Å². The molecule has 0 bridgehead atoms. The predicted molar refractivity (Wildman–Crippen MR) is 122 cm³/mol. The summed E-state index contributed by atoms with van der Waals surface area (Å²) in [6.07, 6.45) is 5.83. The summed E-state index contributed by atoms with van der Waals surface area (Å²) < 4.78 is 5.56. The van der Waals surface area contributed by atoms with E-state index in [1.165, 1.54) is 24.0 Å². The number of carbonyl (C=O) groups excluding carboxylic acids is 5. The van der Waals surface area contributed by atoms with Gasteiger partial charge in [-0.2, -0.15) is 0 Å². The minimum atomic E-state index is -0.284. The molecule has 9 heteroatoms. The molecule has 0 atom stereocenters. The van der Waals surface area contributed by atoms with Gasteiger partial charge in [0.15, 0.2) is 5.78 Å². The Balaban J connectivity index is 1.42. The van der Waals surface area contributed by atoms with Crippen molar-refractivity contribution < 1.29 is 28.7 Å². The summed E-state index contributed by atoms with van der Waals surface area (Å²) in [6.45, 7) is 2.97. The Morgan fingerprint density at radius 1 is 0.818 bits per heavy atom. The molecule has 0 radical (unpaired) electrons. The quantitative estimate of drug-likeness (QED) is 0.235. The van der Waals surface area contributed by atoms with Crippen molar-refractivity contribution in [1.82, 2.24) is 15.5 Å². The van der Waals surface area contributed by atoms with Crippen LogP contribution in [0.3, 0.4) is 0 Å². The van der Waals surface area contributed by atoms with Gasteiger partial charge < -0.3 is 15.4 Å². The second-order valence-corrected chi connectivity index (χ2v) is 7.70. The van der Waals surface area contributed by atoms with Crippen molar-refractivity contribution >= 4 is 29.4 Å². The molecule has 1 heterocycles. The highest BCUT2D eigenvalue weighted by Crippen LogP contribution is 2.13. The van der Waals surface area contributed by atoms with Crippen LogP contribution in [0.2, 0.25) is 0 Å². The van der Waals surface area contributed by atoms with Crippen molar-refractivity contribution in [2.75, 3.05) is 26.2 Å². The number of Topliss-reactive ketones (excluding diaryl/α,β-unsaturated/α-hetero) is 1. The molecule has 1 aromatic carbocycles. The third-order valence-electron chi connectivity index (χ3n) is 5.03. The van der Waals surface area contributed by atoms with Crippen LogP contribution in [-0.2, 0) is 19.2 Å². The summed E-state index contributed by atoms with van der Waals surface area (Å²) in [5, 5.41) is 5.50. The van der Waals surface area contributed by atoms with E-state index in [0.717, 1.165) is 6.42 Å². The highest BCUT2D eigenvalue weighted by Gasteiger charge is 2.22. The fraction of sp³-hybridized carbons (Fsp3) is 0.458. The van der Waals surface area contributed by atoms with Gasteiger partial charge >= 0.3 is 0 Å². The zero-order chi connectivity index (χ0) is 24.1. The molecule has 1 aliphatic heterocycles. The Kier molecular flexibility index (Phi) is 10.8. The zero-order valence-corrected chi connectivity index (χ0v) is 18.9. The topological polar surface area (TPSA) is 122 Å². The molecule has 33 heavy (non-hydrogen) atoms. The predicted octanol–water partition coefficient (Wildman–Crippen LogP) is 1.77. The zero-order valence-electron chi connectivity index (χ0n) is 18.9. The lowest BCUT2D eigenvalue weighted by Crippen LogP contribution is -2.34. The van der Waals surface area contributed by atoms with Crippen LogP contribution in [0.5, 0.6) is 5.75 Å². The Morgan fingerprint density at radius 3 is 1.97 bits per heavy atom. The maximum atomic E-state index is 11.8. The molecule has 178 valence electrons. The van der Waals surface area contributed by atoms with E-state index in [0.29, 0.717) is 69.7 Å². The molecule has 1 aromatic rings. The van der Waals surface area contributed by atoms with E-state index in [2.05, 4.69) is 10.6 Å². The van der Waals surface area contributed by atoms with Crippen molar-refractivity contribution in [3.63, 3.8) is 0 Å². The minimum Gasteiger partial charge on any atom is -0.494 e. The number of benzene rings is 1. The normalized spacial score (nSPS) is 12.7. The Morgan fingerprint density at radius 2 is 1.39 bits per heavy atom. The number of amides is 4. The van der Waals surface area contributed by atoms with Crippen LogP contribution in [0, 0.1) is 0 Å². The van der Waals surface area contributed by atoms with E-state index in [9.17, 15) is 24.0 Å². The van der Waals surface area contributed by atoms with Gasteiger partial charge in [0.1, 0.15) is 5.75 Å². The van der Waals surface area contributed by atoms with Gasteiger partial charge in [-0.05, 0) is 50.5 Å². The van der Waals surface area contributed by atoms with Gasteiger partial charge in [-0.25, -0.2) is 0 Å². The first-order chi connectivity index (χ1) is 15.9. The molecule has 9 nitrogen and oxygen atoms in total. The average Bonchev–Trinajstić information content (AvgIpc) is 3.11. The van der Waals surface area contributed by atoms with E-state index >= 15 is 0 Å². The Bertz CT molecular complexity index is 861. The Labute approximate surface area is 193 Å². The third kappa shape index (κ3) is 9.67. The monoisotopic (exact) mass is 457 g/mol. The number of hydrogen-bond donors (Lipinski definition) is 2. The second kappa shape index (κ2) is 13.8. The summed E-state index contributed by atoms with van der Waals surface area (Å²) in [5.41, 5.74) is 0.625. The lowest BCUT2D eigenvalue weighted by atomic mass is 10.1. The summed E-state index contributed by atoms with van der Waals surface area (Å²) in [6, 6.07) is 6.86. The molecule has 4 amide bonds. The van der Waals surface area contributed by atoms with Crippen molar-refractivity contribution in [2.24, 2.45) is 0 Å². The molecular weight excluding hydrogens is 426 g/mol. The van der Waals surface area contributed by atoms with Gasteiger partial charge in [-0.1, -0.05) is 6.42 Å². The standard InChI is InChI=1S/C24H31N3O6/c1-18(28)19-8-10-20(11-9-19)33-17-5-7-22(30)26-15-14-25-21(29)6-3-2-4-16-27-23(31)12-13-24(27)32/h8-13H,2-7,14-17H2,1H3,(H,25,29)(H,26,30). The highest BCUT2D eigenvalue weighted by atomic mass is 16.5. The molecule has 0 aromatic heterocycles. The fourth-order valence-corrected chi connectivity index (χ4v) is 3.17. The van der Waals surface area contributed by atoms with Crippen LogP contribution in [0.1, 0.15) is 55.8 Å². The van der Waals surface area contributed by atoms with Crippen LogP contribution in [0.4, 0.5) is 0 Å². The number of rotatable bonds is 15. The smallest absolute Gasteiger partial charge is 0.253 e. The van der Waals surface area contributed by atoms with E-state index in [4.69, 9.17) is 4.74 Å². The molecule has 1 aliphatic rings. The number of hydrogen-bond acceptors (Lipinski definition) is 6. The van der Waals surface area contributed by atoms with Gasteiger partial charge in [-0.3, -0.25) is 28.9 Å². The molecule has 0 saturated heterocycles. The average molecular weight is 458 g/mol. The number of imide groups is 1. The first kappa shape index (κ1) is 25.8. The number of ketones is 1. The lowest BCUT2D eigenvalue weighted by molar-refractivity contribution is -0.137. The lowest BCUT2D eigenvalue weighted by Gasteiger charge is -2.13. The number of nitrogens with one attached hydrogen (secondary N) is 2. The molecule has 0 aliphatic carbocycles. The summed E-state index contributed by atoms with van der Waals surface area (Å²) >= 11 is 0. The van der Waals surface area contributed by atoms with Gasteiger partial charge in [0.2, 0.25) is 11.8 Å².